The van der Waals surface area contributed by atoms with Gasteiger partial charge in [-0.25, -0.2) is 4.79 Å². The van der Waals surface area contributed by atoms with Gasteiger partial charge in [-0.1, -0.05) is 0 Å². The van der Waals surface area contributed by atoms with Gasteiger partial charge in [0.25, 0.3) is 0 Å². The number of esters is 1. The lowest BCUT2D eigenvalue weighted by Gasteiger charge is -2.21. The van der Waals surface area contributed by atoms with Crippen LogP contribution in [-0.2, 0) is 19.1 Å². The smallest absolute Gasteiger partial charge is 0.407 e. The van der Waals surface area contributed by atoms with Crippen molar-refractivity contribution in [3.8, 4) is 0 Å². The summed E-state index contributed by atoms with van der Waals surface area (Å²) in [6, 6.07) is -0.0733. The van der Waals surface area contributed by atoms with E-state index in [2.05, 4.69) is 5.32 Å². The van der Waals surface area contributed by atoms with Crippen molar-refractivity contribution in [2.75, 3.05) is 0 Å². The first kappa shape index (κ1) is 18.3. The third-order valence-electron chi connectivity index (χ3n) is 3.17. The van der Waals surface area contributed by atoms with Gasteiger partial charge in [-0.05, 0) is 46.5 Å². The van der Waals surface area contributed by atoms with Crippen molar-refractivity contribution in [2.45, 2.75) is 77.0 Å². The molecule has 0 aliphatic heterocycles. The Morgan fingerprint density at radius 1 is 1.18 bits per heavy atom. The molecule has 0 saturated heterocycles. The fourth-order valence-corrected chi connectivity index (χ4v) is 2.27. The van der Waals surface area contributed by atoms with E-state index >= 15 is 0 Å². The summed E-state index contributed by atoms with van der Waals surface area (Å²) in [5, 5.41) is 13.0. The summed E-state index contributed by atoms with van der Waals surface area (Å²) in [7, 11) is 0. The van der Waals surface area contributed by atoms with Gasteiger partial charge in [-0.3, -0.25) is 4.79 Å². The number of carboxylic acid groups (broad SMARTS) is 1. The van der Waals surface area contributed by atoms with Crippen molar-refractivity contribution in [3.05, 3.63) is 0 Å². The van der Waals surface area contributed by atoms with Gasteiger partial charge in [0.15, 0.2) is 0 Å². The maximum atomic E-state index is 11.6. The zero-order valence-electron chi connectivity index (χ0n) is 13.3. The zero-order chi connectivity index (χ0) is 16.8. The third kappa shape index (κ3) is 7.85. The van der Waals surface area contributed by atoms with Crippen LogP contribution in [0.4, 0.5) is 4.79 Å². The maximum Gasteiger partial charge on any atom is 0.407 e. The number of amides is 1. The molecule has 0 heterocycles. The van der Waals surface area contributed by atoms with Crippen molar-refractivity contribution in [1.82, 2.24) is 5.32 Å². The summed E-state index contributed by atoms with van der Waals surface area (Å²) in [4.78, 5) is 33.5. The highest BCUT2D eigenvalue weighted by molar-refractivity contribution is 5.71. The van der Waals surface area contributed by atoms with Gasteiger partial charge in [0.2, 0.25) is 0 Å². The molecule has 2 unspecified atom stereocenters. The predicted octanol–water partition coefficient (Wildman–Crippen LogP) is 0.896. The highest BCUT2D eigenvalue weighted by Gasteiger charge is 2.29. The molecule has 7 heteroatoms. The van der Waals surface area contributed by atoms with Gasteiger partial charge in [-0.2, -0.15) is 0 Å². The second-order valence-electron chi connectivity index (χ2n) is 6.49. The molecular formula is C15H24NO6-. The Kier molecular flexibility index (Phi) is 6.64. The molecule has 1 N–H and O–H groups in total. The first-order chi connectivity index (χ1) is 10.2. The molecule has 7 nitrogen and oxygen atoms in total. The molecule has 0 aromatic rings. The molecule has 0 aromatic heterocycles. The van der Waals surface area contributed by atoms with E-state index in [9.17, 15) is 19.5 Å². The van der Waals surface area contributed by atoms with Crippen molar-refractivity contribution in [1.29, 1.82) is 0 Å². The van der Waals surface area contributed by atoms with E-state index in [4.69, 9.17) is 9.47 Å². The van der Waals surface area contributed by atoms with E-state index in [0.717, 1.165) is 6.42 Å². The van der Waals surface area contributed by atoms with E-state index < -0.39 is 23.6 Å². The lowest BCUT2D eigenvalue weighted by Crippen LogP contribution is -2.38. The Morgan fingerprint density at radius 2 is 1.86 bits per heavy atom. The summed E-state index contributed by atoms with van der Waals surface area (Å²) in [5.74, 6) is -1.58. The summed E-state index contributed by atoms with van der Waals surface area (Å²) in [6.07, 6.45) is 1.35. The lowest BCUT2D eigenvalue weighted by molar-refractivity contribution is -0.305. The molecule has 0 spiro atoms. The Morgan fingerprint density at radius 3 is 2.45 bits per heavy atom. The van der Waals surface area contributed by atoms with Crippen LogP contribution in [0.3, 0.4) is 0 Å². The third-order valence-corrected chi connectivity index (χ3v) is 3.17. The van der Waals surface area contributed by atoms with Crippen LogP contribution in [0.15, 0.2) is 0 Å². The summed E-state index contributed by atoms with van der Waals surface area (Å²) >= 11 is 0. The molecule has 22 heavy (non-hydrogen) atoms. The highest BCUT2D eigenvalue weighted by Crippen LogP contribution is 2.23. The minimum Gasteiger partial charge on any atom is -0.550 e. The number of carbonyl (C=O) groups excluding carboxylic acids is 3. The van der Waals surface area contributed by atoms with Crippen LogP contribution in [0.1, 0.15) is 59.3 Å². The van der Waals surface area contributed by atoms with Crippen molar-refractivity contribution >= 4 is 18.0 Å². The molecule has 1 aliphatic carbocycles. The van der Waals surface area contributed by atoms with Crippen LogP contribution >= 0.6 is 0 Å². The molecule has 0 aromatic carbocycles. The zero-order valence-corrected chi connectivity index (χ0v) is 13.3. The highest BCUT2D eigenvalue weighted by atomic mass is 16.6. The van der Waals surface area contributed by atoms with Gasteiger partial charge < -0.3 is 24.7 Å². The molecule has 0 radical (unpaired) electrons. The quantitative estimate of drug-likeness (QED) is 0.730. The predicted molar refractivity (Wildman–Crippen MR) is 75.7 cm³/mol. The van der Waals surface area contributed by atoms with E-state index in [1.165, 1.54) is 0 Å². The second-order valence-corrected chi connectivity index (χ2v) is 6.49. The molecule has 1 aliphatic rings. The minimum absolute atomic E-state index is 0.0641. The van der Waals surface area contributed by atoms with Gasteiger partial charge in [-0.15, -0.1) is 0 Å². The fraction of sp³-hybridized carbons (Fsp3) is 0.800. The average Bonchev–Trinajstić information content (AvgIpc) is 2.72. The largest absolute Gasteiger partial charge is 0.550 e. The van der Waals surface area contributed by atoms with Crippen LogP contribution in [0.2, 0.25) is 0 Å². The van der Waals surface area contributed by atoms with Crippen molar-refractivity contribution in [2.24, 2.45) is 0 Å². The fourth-order valence-electron chi connectivity index (χ4n) is 2.27. The van der Waals surface area contributed by atoms with Gasteiger partial charge in [0.05, 0.1) is 0 Å². The summed E-state index contributed by atoms with van der Waals surface area (Å²) < 4.78 is 10.4. The first-order valence-electron chi connectivity index (χ1n) is 7.54. The van der Waals surface area contributed by atoms with Crippen LogP contribution in [0, 0.1) is 0 Å². The van der Waals surface area contributed by atoms with E-state index in [0.29, 0.717) is 12.8 Å². The van der Waals surface area contributed by atoms with Crippen LogP contribution in [0.5, 0.6) is 0 Å². The molecule has 1 fully saturated rings. The number of rotatable bonds is 6. The molecule has 1 amide bonds. The molecule has 2 atom stereocenters. The first-order valence-corrected chi connectivity index (χ1v) is 7.54. The number of aliphatic carboxylic acids is 1. The second kappa shape index (κ2) is 8.00. The van der Waals surface area contributed by atoms with Crippen molar-refractivity contribution < 1.29 is 29.0 Å². The maximum absolute atomic E-state index is 11.6. The Balaban J connectivity index is 2.24. The molecule has 126 valence electrons. The average molecular weight is 314 g/mol. The number of hydrogen-bond donors (Lipinski definition) is 1. The number of alkyl carbamates (subject to hydrolysis) is 1. The summed E-state index contributed by atoms with van der Waals surface area (Å²) in [5.41, 5.74) is -0.548. The topological polar surface area (TPSA) is 105 Å². The normalized spacial score (nSPS) is 21.2. The Hall–Kier alpha value is -1.79. The van der Waals surface area contributed by atoms with Crippen LogP contribution in [-0.4, -0.2) is 35.8 Å². The lowest BCUT2D eigenvalue weighted by atomic mass is 10.2. The Bertz CT molecular complexity index is 415. The van der Waals surface area contributed by atoms with E-state index in [1.807, 2.05) is 0 Å². The number of carboxylic acids is 1. The van der Waals surface area contributed by atoms with Gasteiger partial charge in [0, 0.05) is 24.9 Å². The standard InChI is InChI=1S/C15H25NO6/c1-15(2,3)22-14(20)16-10-7-8-11(9-10)21-13(19)6-4-5-12(17)18/h10-11H,4-9H2,1-3H3,(H,16,20)(H,17,18)/p-1. The van der Waals surface area contributed by atoms with E-state index in [-0.39, 0.29) is 31.4 Å². The SMILES string of the molecule is CC(C)(C)OC(=O)NC1CCC(OC(=O)CCCC(=O)[O-])C1. The monoisotopic (exact) mass is 314 g/mol. The van der Waals surface area contributed by atoms with Crippen LogP contribution < -0.4 is 10.4 Å². The minimum atomic E-state index is -1.17. The molecule has 1 saturated carbocycles. The molecule has 1 rings (SSSR count). The summed E-state index contributed by atoms with van der Waals surface area (Å²) in [6.45, 7) is 5.37. The number of nitrogens with one attached hydrogen (secondary N) is 1. The molecular weight excluding hydrogens is 290 g/mol. The van der Waals surface area contributed by atoms with Crippen molar-refractivity contribution in [3.63, 3.8) is 0 Å². The number of hydrogen-bond acceptors (Lipinski definition) is 6. The van der Waals surface area contributed by atoms with Crippen LogP contribution in [0.25, 0.3) is 0 Å². The number of carbonyl (C=O) groups is 3. The van der Waals surface area contributed by atoms with Gasteiger partial charge >= 0.3 is 12.1 Å². The Labute approximate surface area is 130 Å². The number of ether oxygens (including phenoxy) is 2. The molecule has 0 bridgehead atoms. The van der Waals surface area contributed by atoms with E-state index in [1.54, 1.807) is 20.8 Å². The van der Waals surface area contributed by atoms with Gasteiger partial charge in [0.1, 0.15) is 11.7 Å².